The highest BCUT2D eigenvalue weighted by molar-refractivity contribution is 5.92. The van der Waals surface area contributed by atoms with Gasteiger partial charge in [0, 0.05) is 36.3 Å². The van der Waals surface area contributed by atoms with Crippen LogP contribution in [0.15, 0.2) is 36.4 Å². The van der Waals surface area contributed by atoms with Gasteiger partial charge in [0.1, 0.15) is 0 Å². The molecule has 1 aromatic heterocycles. The van der Waals surface area contributed by atoms with Crippen LogP contribution in [0.4, 0.5) is 0 Å². The molecule has 1 atom stereocenters. The lowest BCUT2D eigenvalue weighted by Crippen LogP contribution is -2.34. The van der Waals surface area contributed by atoms with Crippen molar-refractivity contribution in [3.8, 4) is 5.69 Å². The molecule has 1 aromatic carbocycles. The molecule has 2 aromatic rings. The summed E-state index contributed by atoms with van der Waals surface area (Å²) in [5.41, 5.74) is 5.67. The maximum atomic E-state index is 12.0. The van der Waals surface area contributed by atoms with Gasteiger partial charge in [-0.25, -0.2) is 0 Å². The summed E-state index contributed by atoms with van der Waals surface area (Å²) in [5.74, 6) is -0.111. The van der Waals surface area contributed by atoms with Crippen LogP contribution in [0.5, 0.6) is 0 Å². The van der Waals surface area contributed by atoms with E-state index in [-0.39, 0.29) is 11.9 Å². The van der Waals surface area contributed by atoms with E-state index in [1.54, 1.807) is 13.2 Å². The topological polar surface area (TPSA) is 43.3 Å². The van der Waals surface area contributed by atoms with Crippen LogP contribution >= 0.6 is 0 Å². The van der Waals surface area contributed by atoms with Crippen LogP contribution in [-0.4, -0.2) is 30.2 Å². The molecule has 1 heterocycles. The lowest BCUT2D eigenvalue weighted by Gasteiger charge is -2.10. The molecule has 2 rings (SSSR count). The molecule has 1 amide bonds. The van der Waals surface area contributed by atoms with Gasteiger partial charge in [0.15, 0.2) is 0 Å². The Morgan fingerprint density at radius 2 is 1.92 bits per heavy atom. The maximum Gasteiger partial charge on any atom is 0.244 e. The molecule has 128 valence electrons. The van der Waals surface area contributed by atoms with E-state index >= 15 is 0 Å². The highest BCUT2D eigenvalue weighted by Gasteiger charge is 2.09. The number of nitrogens with one attached hydrogen (secondary N) is 1. The molecule has 0 saturated carbocycles. The Morgan fingerprint density at radius 1 is 1.25 bits per heavy atom. The molecule has 0 aliphatic carbocycles. The van der Waals surface area contributed by atoms with Gasteiger partial charge in [-0.1, -0.05) is 17.7 Å². The Bertz CT molecular complexity index is 727. The van der Waals surface area contributed by atoms with E-state index < -0.39 is 0 Å². The third-order valence-electron chi connectivity index (χ3n) is 3.98. The van der Waals surface area contributed by atoms with Gasteiger partial charge in [-0.15, -0.1) is 0 Å². The number of carbonyl (C=O) groups is 1. The first-order valence-electron chi connectivity index (χ1n) is 8.16. The smallest absolute Gasteiger partial charge is 0.244 e. The Balaban J connectivity index is 2.18. The molecule has 0 radical (unpaired) electrons. The third kappa shape index (κ3) is 4.36. The first kappa shape index (κ1) is 18.0. The van der Waals surface area contributed by atoms with Gasteiger partial charge < -0.3 is 14.6 Å². The third-order valence-corrected chi connectivity index (χ3v) is 3.98. The van der Waals surface area contributed by atoms with Crippen molar-refractivity contribution in [2.45, 2.75) is 33.7 Å². The minimum absolute atomic E-state index is 0.00728. The van der Waals surface area contributed by atoms with Crippen molar-refractivity contribution < 1.29 is 9.53 Å². The van der Waals surface area contributed by atoms with Gasteiger partial charge in [0.05, 0.1) is 6.61 Å². The molecule has 1 unspecified atom stereocenters. The predicted molar refractivity (Wildman–Crippen MR) is 98.5 cm³/mol. The highest BCUT2D eigenvalue weighted by Crippen LogP contribution is 2.22. The zero-order valence-electron chi connectivity index (χ0n) is 15.1. The quantitative estimate of drug-likeness (QED) is 0.825. The first-order chi connectivity index (χ1) is 11.4. The van der Waals surface area contributed by atoms with Crippen molar-refractivity contribution in [1.29, 1.82) is 0 Å². The van der Waals surface area contributed by atoms with Crippen molar-refractivity contribution in [1.82, 2.24) is 9.88 Å². The summed E-state index contributed by atoms with van der Waals surface area (Å²) in [6, 6.07) is 10.5. The second kappa shape index (κ2) is 7.97. The molecule has 24 heavy (non-hydrogen) atoms. The number of carbonyl (C=O) groups excluding carboxylic acids is 1. The summed E-state index contributed by atoms with van der Waals surface area (Å²) in [6.45, 7) is 8.64. The number of methoxy groups -OCH3 is 1. The number of aromatic nitrogens is 1. The Labute approximate surface area is 144 Å². The number of ether oxygens (including phenoxy) is 1. The van der Waals surface area contributed by atoms with Crippen molar-refractivity contribution in [3.05, 3.63) is 58.9 Å². The second-order valence-corrected chi connectivity index (χ2v) is 6.20. The summed E-state index contributed by atoms with van der Waals surface area (Å²) in [7, 11) is 1.62. The fourth-order valence-electron chi connectivity index (χ4n) is 2.80. The fraction of sp³-hybridized carbons (Fsp3) is 0.350. The lowest BCUT2D eigenvalue weighted by molar-refractivity contribution is -0.117. The van der Waals surface area contributed by atoms with E-state index in [1.165, 1.54) is 5.56 Å². The standard InChI is InChI=1S/C20H26N2O2/c1-14-6-9-19(10-7-14)22-16(3)12-18(17(22)4)8-11-20(23)21-15(2)13-24-5/h6-12,15H,13H2,1-5H3,(H,21,23)/b11-8+. The van der Waals surface area contributed by atoms with E-state index in [4.69, 9.17) is 4.74 Å². The fourth-order valence-corrected chi connectivity index (χ4v) is 2.80. The zero-order valence-corrected chi connectivity index (χ0v) is 15.1. The van der Waals surface area contributed by atoms with Crippen LogP contribution in [0, 0.1) is 20.8 Å². The Hall–Kier alpha value is -2.33. The number of amides is 1. The minimum Gasteiger partial charge on any atom is -0.383 e. The van der Waals surface area contributed by atoms with Crippen LogP contribution in [0.3, 0.4) is 0 Å². The average Bonchev–Trinajstić information content (AvgIpc) is 2.81. The van der Waals surface area contributed by atoms with Crippen molar-refractivity contribution in [2.24, 2.45) is 0 Å². The molecule has 0 aliphatic rings. The monoisotopic (exact) mass is 326 g/mol. The van der Waals surface area contributed by atoms with Gasteiger partial charge >= 0.3 is 0 Å². The first-order valence-corrected chi connectivity index (χ1v) is 8.16. The predicted octanol–water partition coefficient (Wildman–Crippen LogP) is 3.57. The zero-order chi connectivity index (χ0) is 17.7. The molecule has 4 nitrogen and oxygen atoms in total. The number of aryl methyl sites for hydroxylation is 2. The normalized spacial score (nSPS) is 12.5. The van der Waals surface area contributed by atoms with Crippen molar-refractivity contribution in [3.63, 3.8) is 0 Å². The summed E-state index contributed by atoms with van der Waals surface area (Å²) in [5, 5.41) is 2.87. The molecule has 0 bridgehead atoms. The van der Waals surface area contributed by atoms with E-state index in [0.717, 1.165) is 22.6 Å². The molecule has 0 fully saturated rings. The van der Waals surface area contributed by atoms with Gasteiger partial charge in [0.2, 0.25) is 5.91 Å². The molecule has 1 N–H and O–H groups in total. The SMILES string of the molecule is COCC(C)NC(=O)/C=C/c1cc(C)n(-c2ccc(C)cc2)c1C. The highest BCUT2D eigenvalue weighted by atomic mass is 16.5. The van der Waals surface area contributed by atoms with Gasteiger partial charge in [-0.3, -0.25) is 4.79 Å². The minimum atomic E-state index is -0.111. The number of rotatable bonds is 6. The van der Waals surface area contributed by atoms with E-state index in [9.17, 15) is 4.79 Å². The van der Waals surface area contributed by atoms with Gasteiger partial charge in [0.25, 0.3) is 0 Å². The Morgan fingerprint density at radius 3 is 2.54 bits per heavy atom. The largest absolute Gasteiger partial charge is 0.383 e. The maximum absolute atomic E-state index is 12.0. The van der Waals surface area contributed by atoms with Gasteiger partial charge in [-0.05, 0) is 57.5 Å². The molecular formula is C20H26N2O2. The van der Waals surface area contributed by atoms with Gasteiger partial charge in [-0.2, -0.15) is 0 Å². The number of hydrogen-bond acceptors (Lipinski definition) is 2. The van der Waals surface area contributed by atoms with Crippen LogP contribution in [0.1, 0.15) is 29.4 Å². The molecule has 0 spiro atoms. The van der Waals surface area contributed by atoms with E-state index in [1.807, 2.05) is 13.0 Å². The number of benzene rings is 1. The number of hydrogen-bond donors (Lipinski definition) is 1. The van der Waals surface area contributed by atoms with Crippen molar-refractivity contribution in [2.75, 3.05) is 13.7 Å². The van der Waals surface area contributed by atoms with Crippen LogP contribution in [-0.2, 0) is 9.53 Å². The summed E-state index contributed by atoms with van der Waals surface area (Å²) >= 11 is 0. The van der Waals surface area contributed by atoms with Crippen LogP contribution < -0.4 is 5.32 Å². The van der Waals surface area contributed by atoms with E-state index in [0.29, 0.717) is 6.61 Å². The lowest BCUT2D eigenvalue weighted by atomic mass is 10.2. The molecule has 0 aliphatic heterocycles. The summed E-state index contributed by atoms with van der Waals surface area (Å²) < 4.78 is 7.22. The van der Waals surface area contributed by atoms with Crippen LogP contribution in [0.2, 0.25) is 0 Å². The average molecular weight is 326 g/mol. The second-order valence-electron chi connectivity index (χ2n) is 6.20. The van der Waals surface area contributed by atoms with Crippen molar-refractivity contribution >= 4 is 12.0 Å². The molecular weight excluding hydrogens is 300 g/mol. The summed E-state index contributed by atoms with van der Waals surface area (Å²) in [4.78, 5) is 12.0. The summed E-state index contributed by atoms with van der Waals surface area (Å²) in [6.07, 6.45) is 3.44. The molecule has 4 heteroatoms. The number of nitrogens with zero attached hydrogens (tertiary/aromatic N) is 1. The molecule has 0 saturated heterocycles. The Kier molecular flexibility index (Phi) is 5.99. The van der Waals surface area contributed by atoms with Crippen LogP contribution in [0.25, 0.3) is 11.8 Å². The van der Waals surface area contributed by atoms with E-state index in [2.05, 4.69) is 61.0 Å².